The maximum atomic E-state index is 11.4. The summed E-state index contributed by atoms with van der Waals surface area (Å²) >= 11 is 0. The molecule has 0 radical (unpaired) electrons. The van der Waals surface area contributed by atoms with Crippen molar-refractivity contribution in [2.75, 3.05) is 0 Å². The summed E-state index contributed by atoms with van der Waals surface area (Å²) in [5.41, 5.74) is 0. The van der Waals surface area contributed by atoms with Gasteiger partial charge in [-0.15, -0.1) is 0 Å². The minimum atomic E-state index is -1.96. The van der Waals surface area contributed by atoms with Gasteiger partial charge in [0.25, 0.3) is 0 Å². The van der Waals surface area contributed by atoms with Crippen LogP contribution < -0.4 is 0 Å². The van der Waals surface area contributed by atoms with Crippen molar-refractivity contribution in [1.29, 1.82) is 0 Å². The van der Waals surface area contributed by atoms with Gasteiger partial charge in [-0.25, -0.2) is 9.59 Å². The lowest BCUT2D eigenvalue weighted by Crippen LogP contribution is -2.36. The van der Waals surface area contributed by atoms with Crippen LogP contribution in [-0.4, -0.2) is 26.5 Å². The SMILES string of the molecule is C/C=C\OC(=O)OC(C)C(=O)O[Si](C)(C)C. The summed E-state index contributed by atoms with van der Waals surface area (Å²) in [5.74, 6) is -0.545. The van der Waals surface area contributed by atoms with Crippen molar-refractivity contribution in [2.24, 2.45) is 0 Å². The second-order valence-electron chi connectivity index (χ2n) is 4.13. The topological polar surface area (TPSA) is 61.8 Å². The summed E-state index contributed by atoms with van der Waals surface area (Å²) < 4.78 is 14.4. The highest BCUT2D eigenvalue weighted by Gasteiger charge is 2.26. The van der Waals surface area contributed by atoms with E-state index in [0.29, 0.717) is 0 Å². The normalized spacial score (nSPS) is 13.3. The van der Waals surface area contributed by atoms with Gasteiger partial charge in [-0.2, -0.15) is 0 Å². The molecule has 5 nitrogen and oxygen atoms in total. The van der Waals surface area contributed by atoms with Gasteiger partial charge in [0.15, 0.2) is 6.10 Å². The molecule has 0 bridgehead atoms. The fourth-order valence-electron chi connectivity index (χ4n) is 0.729. The van der Waals surface area contributed by atoms with Crippen LogP contribution in [0, 0.1) is 0 Å². The van der Waals surface area contributed by atoms with Crippen molar-refractivity contribution >= 4 is 20.4 Å². The highest BCUT2D eigenvalue weighted by molar-refractivity contribution is 6.71. The van der Waals surface area contributed by atoms with Gasteiger partial charge in [-0.1, -0.05) is 6.08 Å². The molecule has 0 aliphatic carbocycles. The zero-order valence-corrected chi connectivity index (χ0v) is 11.3. The summed E-state index contributed by atoms with van der Waals surface area (Å²) in [7, 11) is -1.96. The summed E-state index contributed by atoms with van der Waals surface area (Å²) in [6.45, 7) is 8.75. The van der Waals surface area contributed by atoms with Crippen LogP contribution in [0.1, 0.15) is 13.8 Å². The number of hydrogen-bond donors (Lipinski definition) is 0. The molecule has 0 aromatic heterocycles. The van der Waals surface area contributed by atoms with E-state index in [1.54, 1.807) is 6.92 Å². The van der Waals surface area contributed by atoms with Gasteiger partial charge in [-0.3, -0.25) is 0 Å². The van der Waals surface area contributed by atoms with Crippen molar-refractivity contribution in [2.45, 2.75) is 39.6 Å². The Bertz CT molecular complexity index is 279. The Morgan fingerprint density at radius 3 is 2.25 bits per heavy atom. The zero-order valence-electron chi connectivity index (χ0n) is 10.3. The maximum absolute atomic E-state index is 11.4. The van der Waals surface area contributed by atoms with E-state index in [4.69, 9.17) is 9.16 Å². The first-order valence-corrected chi connectivity index (χ1v) is 8.38. The first-order chi connectivity index (χ1) is 7.26. The van der Waals surface area contributed by atoms with Gasteiger partial charge in [0.05, 0.1) is 6.26 Å². The zero-order chi connectivity index (χ0) is 12.8. The minimum Gasteiger partial charge on any atom is -0.517 e. The monoisotopic (exact) mass is 246 g/mol. The Balaban J connectivity index is 4.10. The molecule has 0 fully saturated rings. The predicted molar refractivity (Wildman–Crippen MR) is 61.3 cm³/mol. The Morgan fingerprint density at radius 2 is 1.81 bits per heavy atom. The molecule has 1 unspecified atom stereocenters. The number of carbonyl (C=O) groups is 2. The molecule has 0 aromatic carbocycles. The molecule has 0 saturated carbocycles. The second kappa shape index (κ2) is 6.32. The van der Waals surface area contributed by atoms with Crippen molar-refractivity contribution < 1.29 is 23.5 Å². The fourth-order valence-corrected chi connectivity index (χ4v) is 1.50. The Kier molecular flexibility index (Phi) is 5.80. The molecule has 6 heteroatoms. The molecule has 0 heterocycles. The molecule has 0 spiro atoms. The van der Waals surface area contributed by atoms with Crippen LogP contribution in [0.3, 0.4) is 0 Å². The lowest BCUT2D eigenvalue weighted by atomic mass is 10.4. The van der Waals surface area contributed by atoms with Gasteiger partial charge in [0.2, 0.25) is 8.32 Å². The third-order valence-corrected chi connectivity index (χ3v) is 2.13. The van der Waals surface area contributed by atoms with Gasteiger partial charge in [0.1, 0.15) is 0 Å². The van der Waals surface area contributed by atoms with E-state index in [1.807, 2.05) is 19.6 Å². The van der Waals surface area contributed by atoms with Crippen molar-refractivity contribution in [1.82, 2.24) is 0 Å². The van der Waals surface area contributed by atoms with Gasteiger partial charge >= 0.3 is 12.1 Å². The Labute approximate surface area is 96.5 Å². The smallest absolute Gasteiger partial charge is 0.514 e. The number of hydrogen-bond acceptors (Lipinski definition) is 5. The van der Waals surface area contributed by atoms with Crippen LogP contribution in [0.5, 0.6) is 0 Å². The highest BCUT2D eigenvalue weighted by Crippen LogP contribution is 2.07. The van der Waals surface area contributed by atoms with E-state index in [9.17, 15) is 9.59 Å². The average Bonchev–Trinajstić information content (AvgIpc) is 2.11. The van der Waals surface area contributed by atoms with Gasteiger partial charge in [-0.05, 0) is 33.5 Å². The predicted octanol–water partition coefficient (Wildman–Crippen LogP) is 2.44. The standard InChI is InChI=1S/C10H18O5Si/c1-6-7-13-10(12)14-8(2)9(11)15-16(3,4)5/h6-8H,1-5H3/b7-6-. The summed E-state index contributed by atoms with van der Waals surface area (Å²) in [6, 6.07) is 0. The van der Waals surface area contributed by atoms with Crippen molar-refractivity contribution in [3.63, 3.8) is 0 Å². The molecule has 0 saturated heterocycles. The molecule has 1 atom stereocenters. The van der Waals surface area contributed by atoms with Crippen LogP contribution >= 0.6 is 0 Å². The maximum Gasteiger partial charge on any atom is 0.514 e. The van der Waals surface area contributed by atoms with E-state index < -0.39 is 26.5 Å². The Hall–Kier alpha value is -1.30. The lowest BCUT2D eigenvalue weighted by Gasteiger charge is -2.20. The molecule has 0 amide bonds. The summed E-state index contributed by atoms with van der Waals surface area (Å²) in [6.07, 6.45) is 0.841. The van der Waals surface area contributed by atoms with Gasteiger partial charge < -0.3 is 13.9 Å². The molecule has 16 heavy (non-hydrogen) atoms. The first-order valence-electron chi connectivity index (χ1n) is 4.97. The van der Waals surface area contributed by atoms with Gasteiger partial charge in [0, 0.05) is 0 Å². The fraction of sp³-hybridized carbons (Fsp3) is 0.600. The largest absolute Gasteiger partial charge is 0.517 e. The number of ether oxygens (including phenoxy) is 2. The third kappa shape index (κ3) is 7.05. The molecule has 0 aliphatic heterocycles. The third-order valence-electron chi connectivity index (χ3n) is 1.31. The van der Waals surface area contributed by atoms with E-state index in [-0.39, 0.29) is 0 Å². The minimum absolute atomic E-state index is 0.545. The molecular formula is C10H18O5Si. The average molecular weight is 246 g/mol. The van der Waals surface area contributed by atoms with E-state index in [1.165, 1.54) is 19.3 Å². The van der Waals surface area contributed by atoms with Crippen molar-refractivity contribution in [3.8, 4) is 0 Å². The van der Waals surface area contributed by atoms with Crippen LogP contribution in [-0.2, 0) is 18.7 Å². The molecular weight excluding hydrogens is 228 g/mol. The quantitative estimate of drug-likeness (QED) is 0.433. The molecule has 0 N–H and O–H groups in total. The molecule has 0 aromatic rings. The van der Waals surface area contributed by atoms with Crippen molar-refractivity contribution in [3.05, 3.63) is 12.3 Å². The van der Waals surface area contributed by atoms with E-state index in [0.717, 1.165) is 0 Å². The van der Waals surface area contributed by atoms with Crippen LogP contribution in [0.4, 0.5) is 4.79 Å². The van der Waals surface area contributed by atoms with Crippen LogP contribution in [0.25, 0.3) is 0 Å². The summed E-state index contributed by atoms with van der Waals surface area (Å²) in [4.78, 5) is 22.4. The van der Waals surface area contributed by atoms with E-state index in [2.05, 4.69) is 4.74 Å². The second-order valence-corrected chi connectivity index (χ2v) is 8.56. The van der Waals surface area contributed by atoms with Crippen LogP contribution in [0.15, 0.2) is 12.3 Å². The molecule has 0 rings (SSSR count). The Morgan fingerprint density at radius 1 is 1.25 bits per heavy atom. The lowest BCUT2D eigenvalue weighted by molar-refractivity contribution is -0.144. The molecule has 0 aliphatic rings. The van der Waals surface area contributed by atoms with E-state index >= 15 is 0 Å². The highest BCUT2D eigenvalue weighted by atomic mass is 28.4. The first kappa shape index (κ1) is 14.7. The summed E-state index contributed by atoms with van der Waals surface area (Å²) in [5, 5.41) is 0. The number of rotatable bonds is 4. The van der Waals surface area contributed by atoms with Crippen LogP contribution in [0.2, 0.25) is 19.6 Å². The number of carbonyl (C=O) groups excluding carboxylic acids is 2. The number of allylic oxidation sites excluding steroid dienone is 1. The molecule has 92 valence electrons.